The fourth-order valence-corrected chi connectivity index (χ4v) is 3.70. The molecular weight excluding hydrogens is 246 g/mol. The van der Waals surface area contributed by atoms with E-state index < -0.39 is 0 Å². The maximum atomic E-state index is 12.1. The summed E-state index contributed by atoms with van der Waals surface area (Å²) in [5.74, 6) is 0.856. The first-order valence-electron chi connectivity index (χ1n) is 6.75. The molecule has 1 saturated carbocycles. The first kappa shape index (κ1) is 12.1. The van der Waals surface area contributed by atoms with Gasteiger partial charge in [0.1, 0.15) is 5.01 Å². The minimum absolute atomic E-state index is 0.0121. The summed E-state index contributed by atoms with van der Waals surface area (Å²) in [6, 6.07) is 0.590. The lowest BCUT2D eigenvalue weighted by Crippen LogP contribution is -2.42. The lowest BCUT2D eigenvalue weighted by Gasteiger charge is -2.24. The van der Waals surface area contributed by atoms with Crippen molar-refractivity contribution in [2.75, 3.05) is 0 Å². The van der Waals surface area contributed by atoms with Crippen molar-refractivity contribution in [3.8, 4) is 0 Å². The van der Waals surface area contributed by atoms with Crippen LogP contribution in [0.5, 0.6) is 0 Å². The largest absolute Gasteiger partial charge is 0.348 e. The van der Waals surface area contributed by atoms with Gasteiger partial charge in [-0.1, -0.05) is 12.8 Å². The number of carbonyl (C=O) groups is 1. The van der Waals surface area contributed by atoms with Gasteiger partial charge in [0.05, 0.1) is 12.6 Å². The molecule has 98 valence electrons. The first-order valence-corrected chi connectivity index (χ1v) is 7.63. The van der Waals surface area contributed by atoms with Gasteiger partial charge in [-0.05, 0) is 25.2 Å². The zero-order valence-corrected chi connectivity index (χ0v) is 11.2. The molecule has 0 spiro atoms. The van der Waals surface area contributed by atoms with E-state index in [1.54, 1.807) is 17.5 Å². The van der Waals surface area contributed by atoms with Crippen LogP contribution in [0.25, 0.3) is 0 Å². The summed E-state index contributed by atoms with van der Waals surface area (Å²) in [6.45, 7) is 0.560. The topological polar surface area (TPSA) is 54.0 Å². The van der Waals surface area contributed by atoms with Crippen LogP contribution in [-0.2, 0) is 11.3 Å². The van der Waals surface area contributed by atoms with E-state index in [0.29, 0.717) is 12.6 Å². The minimum atomic E-state index is 0.0121. The Kier molecular flexibility index (Phi) is 3.61. The summed E-state index contributed by atoms with van der Waals surface area (Å²) >= 11 is 1.58. The summed E-state index contributed by atoms with van der Waals surface area (Å²) in [5, 5.41) is 9.38. The molecule has 0 radical (unpaired) electrons. The molecule has 2 heterocycles. The molecule has 3 unspecified atom stereocenters. The van der Waals surface area contributed by atoms with Crippen LogP contribution in [0.3, 0.4) is 0 Å². The number of rotatable bonds is 3. The van der Waals surface area contributed by atoms with Gasteiger partial charge in [-0.25, -0.2) is 4.98 Å². The number of thiazole rings is 1. The number of fused-ring (bicyclic) bond motifs is 1. The van der Waals surface area contributed by atoms with E-state index in [1.165, 1.54) is 25.7 Å². The standard InChI is InChI=1S/C13H19N3OS/c17-13(15-8-12-14-5-6-18-12)11-7-9-3-1-2-4-10(9)16-11/h5-6,9-11,16H,1-4,7-8H2,(H,15,17). The summed E-state index contributed by atoms with van der Waals surface area (Å²) in [7, 11) is 0. The summed E-state index contributed by atoms with van der Waals surface area (Å²) in [6.07, 6.45) is 7.94. The summed E-state index contributed by atoms with van der Waals surface area (Å²) in [5.41, 5.74) is 0. The van der Waals surface area contributed by atoms with E-state index in [1.807, 2.05) is 5.38 Å². The Morgan fingerprint density at radius 1 is 1.50 bits per heavy atom. The first-order chi connectivity index (χ1) is 8.83. The van der Waals surface area contributed by atoms with Gasteiger partial charge in [0.2, 0.25) is 5.91 Å². The maximum Gasteiger partial charge on any atom is 0.237 e. The Hall–Kier alpha value is -0.940. The molecule has 0 aromatic carbocycles. The highest BCUT2D eigenvalue weighted by Gasteiger charge is 2.37. The van der Waals surface area contributed by atoms with E-state index in [2.05, 4.69) is 15.6 Å². The van der Waals surface area contributed by atoms with Gasteiger partial charge in [0.15, 0.2) is 0 Å². The van der Waals surface area contributed by atoms with E-state index >= 15 is 0 Å². The van der Waals surface area contributed by atoms with Gasteiger partial charge in [-0.2, -0.15) is 0 Å². The number of nitrogens with one attached hydrogen (secondary N) is 2. The molecule has 1 aliphatic carbocycles. The quantitative estimate of drug-likeness (QED) is 0.874. The Balaban J connectivity index is 1.51. The highest BCUT2D eigenvalue weighted by Crippen LogP contribution is 2.33. The van der Waals surface area contributed by atoms with Crippen LogP contribution < -0.4 is 10.6 Å². The summed E-state index contributed by atoms with van der Waals surface area (Å²) in [4.78, 5) is 16.3. The zero-order chi connectivity index (χ0) is 12.4. The highest BCUT2D eigenvalue weighted by atomic mass is 32.1. The molecule has 1 aromatic heterocycles. The maximum absolute atomic E-state index is 12.1. The van der Waals surface area contributed by atoms with Gasteiger partial charge < -0.3 is 10.6 Å². The van der Waals surface area contributed by atoms with E-state index in [0.717, 1.165) is 17.3 Å². The third-order valence-corrected chi connectivity index (χ3v) is 4.86. The predicted octanol–water partition coefficient (Wildman–Crippen LogP) is 1.68. The molecule has 2 fully saturated rings. The number of nitrogens with zero attached hydrogens (tertiary/aromatic N) is 1. The van der Waals surface area contributed by atoms with Crippen molar-refractivity contribution in [1.29, 1.82) is 0 Å². The fraction of sp³-hybridized carbons (Fsp3) is 0.692. The van der Waals surface area contributed by atoms with E-state index in [-0.39, 0.29) is 11.9 Å². The second-order valence-electron chi connectivity index (χ2n) is 5.25. The molecule has 1 aliphatic heterocycles. The number of amides is 1. The van der Waals surface area contributed by atoms with Crippen LogP contribution in [0.15, 0.2) is 11.6 Å². The SMILES string of the molecule is O=C(NCc1nccs1)C1CC2CCCCC2N1. The molecule has 4 nitrogen and oxygen atoms in total. The van der Waals surface area contributed by atoms with Crippen molar-refractivity contribution < 1.29 is 4.79 Å². The van der Waals surface area contributed by atoms with Crippen LogP contribution in [0.2, 0.25) is 0 Å². The normalized spacial score (nSPS) is 31.0. The molecule has 3 atom stereocenters. The molecular formula is C13H19N3OS. The molecule has 3 rings (SSSR count). The van der Waals surface area contributed by atoms with Gasteiger partial charge in [0.25, 0.3) is 0 Å². The van der Waals surface area contributed by atoms with Crippen molar-refractivity contribution >= 4 is 17.2 Å². The number of aromatic nitrogens is 1. The number of carbonyl (C=O) groups excluding carboxylic acids is 1. The van der Waals surface area contributed by atoms with Crippen LogP contribution in [0.1, 0.15) is 37.1 Å². The Morgan fingerprint density at radius 3 is 3.17 bits per heavy atom. The molecule has 18 heavy (non-hydrogen) atoms. The monoisotopic (exact) mass is 265 g/mol. The number of hydrogen-bond acceptors (Lipinski definition) is 4. The molecule has 1 saturated heterocycles. The average molecular weight is 265 g/mol. The third kappa shape index (κ3) is 2.57. The van der Waals surface area contributed by atoms with Gasteiger partial charge in [-0.15, -0.1) is 11.3 Å². The molecule has 5 heteroatoms. The van der Waals surface area contributed by atoms with Crippen LogP contribution in [0, 0.1) is 5.92 Å². The van der Waals surface area contributed by atoms with Crippen LogP contribution in [0.4, 0.5) is 0 Å². The van der Waals surface area contributed by atoms with Crippen molar-refractivity contribution in [3.63, 3.8) is 0 Å². The smallest absolute Gasteiger partial charge is 0.237 e. The van der Waals surface area contributed by atoms with E-state index in [4.69, 9.17) is 0 Å². The van der Waals surface area contributed by atoms with Crippen LogP contribution in [-0.4, -0.2) is 23.0 Å². The second-order valence-corrected chi connectivity index (χ2v) is 6.23. The average Bonchev–Trinajstić information content (AvgIpc) is 3.04. The Labute approximate surface area is 111 Å². The molecule has 2 aliphatic rings. The lowest BCUT2D eigenvalue weighted by atomic mass is 9.85. The minimum Gasteiger partial charge on any atom is -0.348 e. The molecule has 2 N–H and O–H groups in total. The van der Waals surface area contributed by atoms with Crippen LogP contribution >= 0.6 is 11.3 Å². The predicted molar refractivity (Wildman–Crippen MR) is 71.2 cm³/mol. The van der Waals surface area contributed by atoms with Crippen molar-refractivity contribution in [2.24, 2.45) is 5.92 Å². The highest BCUT2D eigenvalue weighted by molar-refractivity contribution is 7.09. The fourth-order valence-electron chi connectivity index (χ4n) is 3.15. The van der Waals surface area contributed by atoms with Crippen molar-refractivity contribution in [1.82, 2.24) is 15.6 Å². The third-order valence-electron chi connectivity index (χ3n) is 4.08. The van der Waals surface area contributed by atoms with Crippen molar-refractivity contribution in [3.05, 3.63) is 16.6 Å². The molecule has 1 amide bonds. The van der Waals surface area contributed by atoms with E-state index in [9.17, 15) is 4.79 Å². The molecule has 0 bridgehead atoms. The summed E-state index contributed by atoms with van der Waals surface area (Å²) < 4.78 is 0. The zero-order valence-electron chi connectivity index (χ0n) is 10.4. The number of hydrogen-bond donors (Lipinski definition) is 2. The Bertz CT molecular complexity index is 392. The van der Waals surface area contributed by atoms with Gasteiger partial charge in [0, 0.05) is 17.6 Å². The van der Waals surface area contributed by atoms with Crippen molar-refractivity contribution in [2.45, 2.75) is 50.7 Å². The van der Waals surface area contributed by atoms with Gasteiger partial charge >= 0.3 is 0 Å². The Morgan fingerprint density at radius 2 is 2.39 bits per heavy atom. The van der Waals surface area contributed by atoms with Gasteiger partial charge in [-0.3, -0.25) is 4.79 Å². The molecule has 1 aromatic rings. The lowest BCUT2D eigenvalue weighted by molar-refractivity contribution is -0.123. The second kappa shape index (κ2) is 5.36.